The number of aromatic nitrogens is 3. The van der Waals surface area contributed by atoms with Crippen molar-refractivity contribution in [1.82, 2.24) is 15.1 Å². The van der Waals surface area contributed by atoms with E-state index in [0.29, 0.717) is 17.2 Å². The zero-order chi connectivity index (χ0) is 17.2. The zero-order valence-corrected chi connectivity index (χ0v) is 13.5. The van der Waals surface area contributed by atoms with Gasteiger partial charge >= 0.3 is 6.18 Å². The normalized spacial score (nSPS) is 11.6. The van der Waals surface area contributed by atoms with Gasteiger partial charge in [-0.1, -0.05) is 11.2 Å². The smallest absolute Gasteiger partial charge is 0.339 e. The van der Waals surface area contributed by atoms with Crippen molar-refractivity contribution >= 4 is 33.7 Å². The van der Waals surface area contributed by atoms with E-state index in [1.807, 2.05) is 17.5 Å². The fourth-order valence-corrected chi connectivity index (χ4v) is 3.11. The van der Waals surface area contributed by atoms with E-state index in [4.69, 9.17) is 4.52 Å². The van der Waals surface area contributed by atoms with Gasteiger partial charge in [-0.25, -0.2) is 4.98 Å². The number of rotatable bonds is 5. The van der Waals surface area contributed by atoms with Crippen molar-refractivity contribution in [3.63, 3.8) is 0 Å². The average Bonchev–Trinajstić information content (AvgIpc) is 3.25. The third-order valence-electron chi connectivity index (χ3n) is 2.82. The first-order chi connectivity index (χ1) is 11.4. The molecule has 0 aliphatic rings. The van der Waals surface area contributed by atoms with Crippen LogP contribution in [0.4, 0.5) is 18.3 Å². The molecule has 1 amide bonds. The van der Waals surface area contributed by atoms with Crippen LogP contribution in [0.2, 0.25) is 0 Å². The van der Waals surface area contributed by atoms with E-state index in [-0.39, 0.29) is 23.9 Å². The number of carbonyl (C=O) groups excluding carboxylic acids is 1. The number of aryl methyl sites for hydroxylation is 1. The summed E-state index contributed by atoms with van der Waals surface area (Å²) < 4.78 is 42.3. The molecule has 0 radical (unpaired) electrons. The average molecular weight is 374 g/mol. The maximum Gasteiger partial charge on any atom is 0.434 e. The number of hydrogen-bond donors (Lipinski definition) is 1. The van der Waals surface area contributed by atoms with Gasteiger partial charge in [0.25, 0.3) is 0 Å². The SMILES string of the molecule is O=C(CCc1nc(-c2cccs2)no1)Nc1nc(C(F)(F)F)cs1. The van der Waals surface area contributed by atoms with Crippen LogP contribution in [0.1, 0.15) is 18.0 Å². The minimum absolute atomic E-state index is 0.00694. The molecule has 0 aliphatic carbocycles. The Balaban J connectivity index is 1.53. The number of alkyl halides is 3. The van der Waals surface area contributed by atoms with E-state index in [9.17, 15) is 18.0 Å². The molecule has 6 nitrogen and oxygen atoms in total. The number of anilines is 1. The lowest BCUT2D eigenvalue weighted by Gasteiger charge is -2.01. The molecule has 11 heteroatoms. The highest BCUT2D eigenvalue weighted by Crippen LogP contribution is 2.31. The van der Waals surface area contributed by atoms with Crippen LogP contribution >= 0.6 is 22.7 Å². The van der Waals surface area contributed by atoms with Gasteiger partial charge in [-0.2, -0.15) is 18.2 Å². The monoisotopic (exact) mass is 374 g/mol. The van der Waals surface area contributed by atoms with Crippen molar-refractivity contribution in [1.29, 1.82) is 0 Å². The van der Waals surface area contributed by atoms with Gasteiger partial charge in [0.1, 0.15) is 0 Å². The number of amides is 1. The highest BCUT2D eigenvalue weighted by atomic mass is 32.1. The van der Waals surface area contributed by atoms with Gasteiger partial charge in [-0.15, -0.1) is 22.7 Å². The molecule has 0 aromatic carbocycles. The number of carbonyl (C=O) groups is 1. The predicted molar refractivity (Wildman–Crippen MR) is 81.7 cm³/mol. The number of thiophene rings is 1. The van der Waals surface area contributed by atoms with Crippen LogP contribution in [0.25, 0.3) is 10.7 Å². The Hall–Kier alpha value is -2.27. The van der Waals surface area contributed by atoms with E-state index in [1.165, 1.54) is 11.3 Å². The molecular formula is C13H9F3N4O2S2. The maximum absolute atomic E-state index is 12.4. The highest BCUT2D eigenvalue weighted by Gasteiger charge is 2.33. The molecule has 0 saturated heterocycles. The third kappa shape index (κ3) is 3.97. The first-order valence-electron chi connectivity index (χ1n) is 6.61. The van der Waals surface area contributed by atoms with E-state index in [1.54, 1.807) is 0 Å². The summed E-state index contributed by atoms with van der Waals surface area (Å²) in [6.45, 7) is 0. The molecule has 24 heavy (non-hydrogen) atoms. The fraction of sp³-hybridized carbons (Fsp3) is 0.231. The lowest BCUT2D eigenvalue weighted by atomic mass is 10.3. The standard InChI is InChI=1S/C13H9F3N4O2S2/c14-13(15,16)8-6-24-12(17-8)18-9(21)3-4-10-19-11(20-22-10)7-2-1-5-23-7/h1-2,5-6H,3-4H2,(H,17,18,21). The summed E-state index contributed by atoms with van der Waals surface area (Å²) in [6.07, 6.45) is -4.35. The Morgan fingerprint density at radius 2 is 2.12 bits per heavy atom. The Bertz CT molecular complexity index is 827. The van der Waals surface area contributed by atoms with Crippen molar-refractivity contribution in [3.05, 3.63) is 34.5 Å². The van der Waals surface area contributed by atoms with Gasteiger partial charge < -0.3 is 9.84 Å². The molecule has 3 rings (SSSR count). The van der Waals surface area contributed by atoms with Gasteiger partial charge in [0.2, 0.25) is 17.6 Å². The molecule has 0 spiro atoms. The van der Waals surface area contributed by atoms with E-state index in [0.717, 1.165) is 10.3 Å². The summed E-state index contributed by atoms with van der Waals surface area (Å²) in [5.74, 6) is 0.243. The maximum atomic E-state index is 12.4. The molecule has 3 aromatic rings. The molecule has 0 aliphatic heterocycles. The number of halogens is 3. The van der Waals surface area contributed by atoms with Gasteiger partial charge in [0, 0.05) is 18.2 Å². The number of hydrogen-bond acceptors (Lipinski definition) is 7. The molecular weight excluding hydrogens is 365 g/mol. The van der Waals surface area contributed by atoms with Crippen LogP contribution in [0, 0.1) is 0 Å². The summed E-state index contributed by atoms with van der Waals surface area (Å²) in [5.41, 5.74) is -1.03. The Labute approximate surface area is 141 Å². The first kappa shape index (κ1) is 16.6. The molecule has 0 bridgehead atoms. The Morgan fingerprint density at radius 1 is 1.29 bits per heavy atom. The Kier molecular flexibility index (Phi) is 4.62. The highest BCUT2D eigenvalue weighted by molar-refractivity contribution is 7.14. The lowest BCUT2D eigenvalue weighted by Crippen LogP contribution is -2.13. The third-order valence-corrected chi connectivity index (χ3v) is 4.44. The molecule has 126 valence electrons. The molecule has 3 heterocycles. The number of nitrogens with one attached hydrogen (secondary N) is 1. The molecule has 0 fully saturated rings. The van der Waals surface area contributed by atoms with Crippen molar-refractivity contribution < 1.29 is 22.5 Å². The summed E-state index contributed by atoms with van der Waals surface area (Å²) in [4.78, 5) is 20.1. The lowest BCUT2D eigenvalue weighted by molar-refractivity contribution is -0.140. The van der Waals surface area contributed by atoms with Crippen molar-refractivity contribution in [2.24, 2.45) is 0 Å². The fourth-order valence-electron chi connectivity index (χ4n) is 1.73. The molecule has 0 atom stereocenters. The van der Waals surface area contributed by atoms with E-state index in [2.05, 4.69) is 20.4 Å². The zero-order valence-electron chi connectivity index (χ0n) is 11.8. The quantitative estimate of drug-likeness (QED) is 0.734. The molecule has 3 aromatic heterocycles. The van der Waals surface area contributed by atoms with Crippen LogP contribution in [-0.4, -0.2) is 21.0 Å². The molecule has 1 N–H and O–H groups in total. The van der Waals surface area contributed by atoms with Gasteiger partial charge in [-0.3, -0.25) is 4.79 Å². The van der Waals surface area contributed by atoms with E-state index >= 15 is 0 Å². The van der Waals surface area contributed by atoms with E-state index < -0.39 is 17.8 Å². The summed E-state index contributed by atoms with van der Waals surface area (Å²) in [7, 11) is 0. The second kappa shape index (κ2) is 6.69. The largest absolute Gasteiger partial charge is 0.434 e. The summed E-state index contributed by atoms with van der Waals surface area (Å²) in [5, 5.41) is 8.75. The summed E-state index contributed by atoms with van der Waals surface area (Å²) >= 11 is 2.17. The molecule has 0 saturated carbocycles. The Morgan fingerprint density at radius 3 is 2.79 bits per heavy atom. The van der Waals surface area contributed by atoms with Crippen LogP contribution in [0.5, 0.6) is 0 Å². The van der Waals surface area contributed by atoms with Gasteiger partial charge in [0.05, 0.1) is 4.88 Å². The second-order valence-corrected chi connectivity index (χ2v) is 6.38. The number of thiazole rings is 1. The number of nitrogens with zero attached hydrogens (tertiary/aromatic N) is 3. The van der Waals surface area contributed by atoms with Crippen LogP contribution in [-0.2, 0) is 17.4 Å². The van der Waals surface area contributed by atoms with Crippen LogP contribution in [0.15, 0.2) is 27.4 Å². The van der Waals surface area contributed by atoms with Crippen LogP contribution < -0.4 is 5.32 Å². The second-order valence-electron chi connectivity index (χ2n) is 4.57. The minimum Gasteiger partial charge on any atom is -0.339 e. The first-order valence-corrected chi connectivity index (χ1v) is 8.37. The van der Waals surface area contributed by atoms with Gasteiger partial charge in [0.15, 0.2) is 10.8 Å². The molecule has 0 unspecified atom stereocenters. The van der Waals surface area contributed by atoms with Crippen molar-refractivity contribution in [2.75, 3.05) is 5.32 Å². The minimum atomic E-state index is -4.53. The summed E-state index contributed by atoms with van der Waals surface area (Å²) in [6, 6.07) is 3.69. The topological polar surface area (TPSA) is 80.9 Å². The van der Waals surface area contributed by atoms with Crippen LogP contribution in [0.3, 0.4) is 0 Å². The van der Waals surface area contributed by atoms with Gasteiger partial charge in [-0.05, 0) is 11.4 Å². The van der Waals surface area contributed by atoms with Crippen molar-refractivity contribution in [3.8, 4) is 10.7 Å². The predicted octanol–water partition coefficient (Wildman–Crippen LogP) is 3.84. The van der Waals surface area contributed by atoms with Crippen molar-refractivity contribution in [2.45, 2.75) is 19.0 Å².